The molecule has 0 aromatic carbocycles. The third-order valence-corrected chi connectivity index (χ3v) is 4.01. The molecule has 1 N–H and O–H groups in total. The Kier molecular flexibility index (Phi) is 5.88. The van der Waals surface area contributed by atoms with Gasteiger partial charge < -0.3 is 19.7 Å². The topological polar surface area (TPSA) is 50.8 Å². The van der Waals surface area contributed by atoms with Crippen LogP contribution in [0.25, 0.3) is 0 Å². The van der Waals surface area contributed by atoms with E-state index in [2.05, 4.69) is 5.32 Å². The highest BCUT2D eigenvalue weighted by Gasteiger charge is 2.26. The number of hydrogen-bond acceptors (Lipinski definition) is 4. The van der Waals surface area contributed by atoms with Crippen LogP contribution in [-0.2, 0) is 9.47 Å². The zero-order valence-corrected chi connectivity index (χ0v) is 13.7. The van der Waals surface area contributed by atoms with E-state index in [0.29, 0.717) is 12.1 Å². The lowest BCUT2D eigenvalue weighted by Gasteiger charge is -2.28. The summed E-state index contributed by atoms with van der Waals surface area (Å²) in [5, 5.41) is 3.70. The zero-order chi connectivity index (χ0) is 15.3. The van der Waals surface area contributed by atoms with E-state index < -0.39 is 5.60 Å². The van der Waals surface area contributed by atoms with E-state index in [9.17, 15) is 4.79 Å². The van der Waals surface area contributed by atoms with Gasteiger partial charge in [0.05, 0.1) is 6.61 Å². The second-order valence-electron chi connectivity index (χ2n) is 7.18. The fourth-order valence-electron chi connectivity index (χ4n) is 2.98. The van der Waals surface area contributed by atoms with Crippen LogP contribution in [0.5, 0.6) is 0 Å². The molecule has 0 spiro atoms. The molecule has 122 valence electrons. The molecular weight excluding hydrogens is 268 g/mol. The van der Waals surface area contributed by atoms with Gasteiger partial charge >= 0.3 is 6.09 Å². The van der Waals surface area contributed by atoms with Crippen molar-refractivity contribution in [2.24, 2.45) is 0 Å². The molecule has 2 heterocycles. The maximum Gasteiger partial charge on any atom is 0.410 e. The van der Waals surface area contributed by atoms with E-state index in [1.54, 1.807) is 0 Å². The molecular formula is C16H30N2O3. The summed E-state index contributed by atoms with van der Waals surface area (Å²) in [7, 11) is 0. The van der Waals surface area contributed by atoms with Gasteiger partial charge in [-0.25, -0.2) is 4.79 Å². The molecule has 5 heteroatoms. The third kappa shape index (κ3) is 5.83. The molecule has 0 aromatic heterocycles. The summed E-state index contributed by atoms with van der Waals surface area (Å²) in [6.07, 6.45) is 5.32. The molecule has 2 fully saturated rings. The minimum absolute atomic E-state index is 0.177. The summed E-state index contributed by atoms with van der Waals surface area (Å²) >= 11 is 0. The van der Waals surface area contributed by atoms with E-state index >= 15 is 0 Å². The first kappa shape index (κ1) is 16.6. The first-order chi connectivity index (χ1) is 9.94. The standard InChI is InChI=1S/C16H30N2O3/c1-16(2,3)21-15(19)18-9-4-6-13(8-10-18)17-14-7-5-11-20-12-14/h13-14,17H,4-12H2,1-3H3/t13-,14-/m0/s1. The number of carbonyl (C=O) groups is 1. The van der Waals surface area contributed by atoms with Crippen molar-refractivity contribution in [3.8, 4) is 0 Å². The molecule has 0 radical (unpaired) electrons. The van der Waals surface area contributed by atoms with E-state index in [1.807, 2.05) is 25.7 Å². The summed E-state index contributed by atoms with van der Waals surface area (Å²) in [5.41, 5.74) is -0.416. The lowest BCUT2D eigenvalue weighted by Crippen LogP contribution is -2.44. The predicted octanol–water partition coefficient (Wildman–Crippen LogP) is 2.54. The van der Waals surface area contributed by atoms with Crippen molar-refractivity contribution in [2.45, 2.75) is 70.6 Å². The second kappa shape index (κ2) is 7.45. The summed E-state index contributed by atoms with van der Waals surface area (Å²) in [6.45, 7) is 9.04. The number of ether oxygens (including phenoxy) is 2. The van der Waals surface area contributed by atoms with Crippen LogP contribution in [0.1, 0.15) is 52.9 Å². The van der Waals surface area contributed by atoms with Crippen molar-refractivity contribution in [3.05, 3.63) is 0 Å². The molecule has 2 atom stereocenters. The van der Waals surface area contributed by atoms with Crippen molar-refractivity contribution in [3.63, 3.8) is 0 Å². The van der Waals surface area contributed by atoms with Crippen molar-refractivity contribution >= 4 is 6.09 Å². The Hall–Kier alpha value is -0.810. The molecule has 1 amide bonds. The maximum atomic E-state index is 12.1. The van der Waals surface area contributed by atoms with E-state index in [0.717, 1.165) is 52.0 Å². The lowest BCUT2D eigenvalue weighted by atomic mass is 10.1. The number of rotatable bonds is 2. The molecule has 0 bridgehead atoms. The average Bonchev–Trinajstić information content (AvgIpc) is 2.64. The van der Waals surface area contributed by atoms with Crippen molar-refractivity contribution in [1.29, 1.82) is 0 Å². The Morgan fingerprint density at radius 3 is 2.57 bits per heavy atom. The van der Waals surface area contributed by atoms with Gasteiger partial charge in [0.1, 0.15) is 5.60 Å². The Morgan fingerprint density at radius 1 is 1.14 bits per heavy atom. The first-order valence-electron chi connectivity index (χ1n) is 8.26. The van der Waals surface area contributed by atoms with Crippen LogP contribution in [0, 0.1) is 0 Å². The smallest absolute Gasteiger partial charge is 0.410 e. The van der Waals surface area contributed by atoms with Crippen LogP contribution < -0.4 is 5.32 Å². The fraction of sp³-hybridized carbons (Fsp3) is 0.938. The van der Waals surface area contributed by atoms with Gasteiger partial charge in [0.25, 0.3) is 0 Å². The van der Waals surface area contributed by atoms with Gasteiger partial charge in [-0.2, -0.15) is 0 Å². The molecule has 0 aliphatic carbocycles. The normalized spacial score (nSPS) is 28.0. The van der Waals surface area contributed by atoms with Gasteiger partial charge in [-0.05, 0) is 52.9 Å². The quantitative estimate of drug-likeness (QED) is 0.851. The Bertz CT molecular complexity index is 335. The molecule has 2 aliphatic heterocycles. The van der Waals surface area contributed by atoms with Crippen molar-refractivity contribution in [2.75, 3.05) is 26.3 Å². The summed E-state index contributed by atoms with van der Waals surface area (Å²) in [4.78, 5) is 14.0. The van der Waals surface area contributed by atoms with Gasteiger partial charge in [0, 0.05) is 31.8 Å². The van der Waals surface area contributed by atoms with Gasteiger partial charge in [0.2, 0.25) is 0 Å². The van der Waals surface area contributed by atoms with Crippen LogP contribution in [0.3, 0.4) is 0 Å². The summed E-state index contributed by atoms with van der Waals surface area (Å²) in [5.74, 6) is 0. The Morgan fingerprint density at radius 2 is 1.90 bits per heavy atom. The van der Waals surface area contributed by atoms with Crippen LogP contribution in [-0.4, -0.2) is 55.0 Å². The molecule has 2 saturated heterocycles. The largest absolute Gasteiger partial charge is 0.444 e. The summed E-state index contributed by atoms with van der Waals surface area (Å²) < 4.78 is 11.0. The molecule has 2 aliphatic rings. The fourth-order valence-corrected chi connectivity index (χ4v) is 2.98. The minimum atomic E-state index is -0.416. The monoisotopic (exact) mass is 298 g/mol. The third-order valence-electron chi connectivity index (χ3n) is 4.01. The van der Waals surface area contributed by atoms with Crippen LogP contribution in [0.4, 0.5) is 4.79 Å². The molecule has 5 nitrogen and oxygen atoms in total. The SMILES string of the molecule is CC(C)(C)OC(=O)N1CCC[C@H](N[C@H]2CCCOC2)CC1. The first-order valence-corrected chi connectivity index (χ1v) is 8.26. The van der Waals surface area contributed by atoms with E-state index in [-0.39, 0.29) is 6.09 Å². The molecule has 0 aromatic rings. The predicted molar refractivity (Wildman–Crippen MR) is 82.4 cm³/mol. The number of hydrogen-bond donors (Lipinski definition) is 1. The lowest BCUT2D eigenvalue weighted by molar-refractivity contribution is 0.0254. The molecule has 21 heavy (non-hydrogen) atoms. The molecule has 2 rings (SSSR count). The van der Waals surface area contributed by atoms with Crippen molar-refractivity contribution in [1.82, 2.24) is 10.2 Å². The van der Waals surface area contributed by atoms with Gasteiger partial charge in [-0.15, -0.1) is 0 Å². The highest BCUT2D eigenvalue weighted by molar-refractivity contribution is 5.68. The Labute approximate surface area is 128 Å². The van der Waals surface area contributed by atoms with Crippen LogP contribution in [0.15, 0.2) is 0 Å². The van der Waals surface area contributed by atoms with E-state index in [4.69, 9.17) is 9.47 Å². The highest BCUT2D eigenvalue weighted by Crippen LogP contribution is 2.17. The minimum Gasteiger partial charge on any atom is -0.444 e. The van der Waals surface area contributed by atoms with E-state index in [1.165, 1.54) is 6.42 Å². The summed E-state index contributed by atoms with van der Waals surface area (Å²) in [6, 6.07) is 0.973. The average molecular weight is 298 g/mol. The number of nitrogens with one attached hydrogen (secondary N) is 1. The van der Waals surface area contributed by atoms with Gasteiger partial charge in [-0.3, -0.25) is 0 Å². The maximum absolute atomic E-state index is 12.1. The second-order valence-corrected chi connectivity index (χ2v) is 7.18. The van der Waals surface area contributed by atoms with Gasteiger partial charge in [-0.1, -0.05) is 0 Å². The number of carbonyl (C=O) groups excluding carboxylic acids is 1. The molecule has 0 unspecified atom stereocenters. The number of amides is 1. The van der Waals surface area contributed by atoms with Crippen LogP contribution >= 0.6 is 0 Å². The van der Waals surface area contributed by atoms with Crippen molar-refractivity contribution < 1.29 is 14.3 Å². The van der Waals surface area contributed by atoms with Crippen LogP contribution in [0.2, 0.25) is 0 Å². The zero-order valence-electron chi connectivity index (χ0n) is 13.7. The molecule has 0 saturated carbocycles. The number of nitrogens with zero attached hydrogens (tertiary/aromatic N) is 1. The number of likely N-dealkylation sites (tertiary alicyclic amines) is 1. The highest BCUT2D eigenvalue weighted by atomic mass is 16.6. The van der Waals surface area contributed by atoms with Gasteiger partial charge in [0.15, 0.2) is 0 Å². The Balaban J connectivity index is 1.77.